The summed E-state index contributed by atoms with van der Waals surface area (Å²) in [6.07, 6.45) is 3.04. The van der Waals surface area contributed by atoms with Crippen molar-refractivity contribution >= 4 is 17.5 Å². The van der Waals surface area contributed by atoms with E-state index < -0.39 is 0 Å². The smallest absolute Gasteiger partial charge is 0.271 e. The van der Waals surface area contributed by atoms with Crippen molar-refractivity contribution in [1.29, 1.82) is 0 Å². The van der Waals surface area contributed by atoms with E-state index in [0.717, 1.165) is 5.56 Å². The molecule has 24 heavy (non-hydrogen) atoms. The van der Waals surface area contributed by atoms with Crippen molar-refractivity contribution in [3.8, 4) is 11.4 Å². The fourth-order valence-corrected chi connectivity index (χ4v) is 2.32. The number of carbonyl (C=O) groups is 1. The standard InChI is InChI=1S/C16H14ClN5O2/c1-10(20-16(23)14-12(17)8-18-9-19-14)7-13-21-15(22-24-13)11-5-3-2-4-6-11/h2-6,8-10H,7H2,1H3,(H,20,23). The van der Waals surface area contributed by atoms with Gasteiger partial charge in [-0.1, -0.05) is 47.1 Å². The number of amides is 1. The van der Waals surface area contributed by atoms with Crippen molar-refractivity contribution in [2.24, 2.45) is 0 Å². The van der Waals surface area contributed by atoms with E-state index in [9.17, 15) is 4.79 Å². The average Bonchev–Trinajstić information content (AvgIpc) is 3.04. The number of halogens is 1. The number of nitrogens with one attached hydrogen (secondary N) is 1. The van der Waals surface area contributed by atoms with Crippen molar-refractivity contribution in [2.75, 3.05) is 0 Å². The molecule has 0 saturated heterocycles. The predicted octanol–water partition coefficient (Wildman–Crippen LogP) is 2.54. The van der Waals surface area contributed by atoms with Gasteiger partial charge in [0, 0.05) is 24.2 Å². The summed E-state index contributed by atoms with van der Waals surface area (Å²) in [4.78, 5) is 24.1. The first-order valence-electron chi connectivity index (χ1n) is 7.28. The number of nitrogens with zero attached hydrogens (tertiary/aromatic N) is 4. The van der Waals surface area contributed by atoms with Crippen LogP contribution in [0.2, 0.25) is 5.02 Å². The molecule has 1 amide bonds. The quantitative estimate of drug-likeness (QED) is 0.765. The largest absolute Gasteiger partial charge is 0.348 e. The molecule has 0 radical (unpaired) electrons. The van der Waals surface area contributed by atoms with Crippen molar-refractivity contribution in [1.82, 2.24) is 25.4 Å². The molecular weight excluding hydrogens is 330 g/mol. The molecule has 0 aliphatic carbocycles. The second-order valence-corrected chi connectivity index (χ2v) is 5.58. The number of hydrogen-bond donors (Lipinski definition) is 1. The van der Waals surface area contributed by atoms with E-state index in [1.807, 2.05) is 37.3 Å². The van der Waals surface area contributed by atoms with Gasteiger partial charge < -0.3 is 9.84 Å². The third-order valence-corrected chi connectivity index (χ3v) is 3.52. The Balaban J connectivity index is 1.63. The minimum absolute atomic E-state index is 0.133. The third-order valence-electron chi connectivity index (χ3n) is 3.24. The van der Waals surface area contributed by atoms with Gasteiger partial charge in [-0.05, 0) is 6.92 Å². The van der Waals surface area contributed by atoms with E-state index in [4.69, 9.17) is 16.1 Å². The molecule has 3 aromatic rings. The van der Waals surface area contributed by atoms with Gasteiger partial charge in [0.2, 0.25) is 11.7 Å². The number of carbonyl (C=O) groups excluding carboxylic acids is 1. The van der Waals surface area contributed by atoms with Crippen LogP contribution >= 0.6 is 11.6 Å². The van der Waals surface area contributed by atoms with Gasteiger partial charge in [-0.15, -0.1) is 0 Å². The Morgan fingerprint density at radius 1 is 1.33 bits per heavy atom. The lowest BCUT2D eigenvalue weighted by Gasteiger charge is -2.11. The lowest BCUT2D eigenvalue weighted by Crippen LogP contribution is -2.34. The summed E-state index contributed by atoms with van der Waals surface area (Å²) in [6, 6.07) is 9.29. The molecule has 7 nitrogen and oxygen atoms in total. The maximum atomic E-state index is 12.1. The van der Waals surface area contributed by atoms with Crippen LogP contribution in [-0.4, -0.2) is 32.1 Å². The molecule has 2 heterocycles. The molecular formula is C16H14ClN5O2. The fraction of sp³-hybridized carbons (Fsp3) is 0.188. The zero-order valence-electron chi connectivity index (χ0n) is 12.8. The number of benzene rings is 1. The lowest BCUT2D eigenvalue weighted by molar-refractivity contribution is 0.0933. The fourth-order valence-electron chi connectivity index (χ4n) is 2.13. The highest BCUT2D eigenvalue weighted by Gasteiger charge is 2.17. The van der Waals surface area contributed by atoms with E-state index in [0.29, 0.717) is 18.1 Å². The van der Waals surface area contributed by atoms with Crippen LogP contribution in [-0.2, 0) is 6.42 Å². The SMILES string of the molecule is CC(Cc1nc(-c2ccccc2)no1)NC(=O)c1ncncc1Cl. The highest BCUT2D eigenvalue weighted by molar-refractivity contribution is 6.33. The van der Waals surface area contributed by atoms with Crippen molar-refractivity contribution < 1.29 is 9.32 Å². The highest BCUT2D eigenvalue weighted by atomic mass is 35.5. The Bertz CT molecular complexity index is 837. The van der Waals surface area contributed by atoms with Crippen LogP contribution in [0, 0.1) is 0 Å². The van der Waals surface area contributed by atoms with Crippen LogP contribution in [0.15, 0.2) is 47.4 Å². The van der Waals surface area contributed by atoms with Crippen LogP contribution in [0.3, 0.4) is 0 Å². The highest BCUT2D eigenvalue weighted by Crippen LogP contribution is 2.15. The summed E-state index contributed by atoms with van der Waals surface area (Å²) in [6.45, 7) is 1.83. The molecule has 0 saturated carbocycles. The van der Waals surface area contributed by atoms with Gasteiger partial charge in [0.15, 0.2) is 0 Å². The normalized spacial score (nSPS) is 11.9. The van der Waals surface area contributed by atoms with Gasteiger partial charge in [-0.2, -0.15) is 4.98 Å². The Morgan fingerprint density at radius 3 is 2.88 bits per heavy atom. The molecule has 0 aliphatic rings. The molecule has 1 atom stereocenters. The Labute approximate surface area is 143 Å². The van der Waals surface area contributed by atoms with Crippen molar-refractivity contribution in [3.05, 3.63) is 59.5 Å². The Morgan fingerprint density at radius 2 is 2.12 bits per heavy atom. The molecule has 0 spiro atoms. The Kier molecular flexibility index (Phi) is 4.81. The summed E-state index contributed by atoms with van der Waals surface area (Å²) < 4.78 is 5.24. The van der Waals surface area contributed by atoms with Crippen LogP contribution in [0.4, 0.5) is 0 Å². The van der Waals surface area contributed by atoms with Gasteiger partial charge in [-0.3, -0.25) is 4.79 Å². The molecule has 1 unspecified atom stereocenters. The average molecular weight is 344 g/mol. The number of aromatic nitrogens is 4. The van der Waals surface area contributed by atoms with E-state index in [-0.39, 0.29) is 22.7 Å². The molecule has 2 aromatic heterocycles. The monoisotopic (exact) mass is 343 g/mol. The van der Waals surface area contributed by atoms with E-state index in [1.54, 1.807) is 0 Å². The van der Waals surface area contributed by atoms with Crippen molar-refractivity contribution in [3.63, 3.8) is 0 Å². The second kappa shape index (κ2) is 7.18. The van der Waals surface area contributed by atoms with Crippen LogP contribution < -0.4 is 5.32 Å². The minimum Gasteiger partial charge on any atom is -0.348 e. The van der Waals surface area contributed by atoms with Crippen molar-refractivity contribution in [2.45, 2.75) is 19.4 Å². The number of hydrogen-bond acceptors (Lipinski definition) is 6. The first-order valence-corrected chi connectivity index (χ1v) is 7.65. The minimum atomic E-state index is -0.377. The first kappa shape index (κ1) is 16.1. The summed E-state index contributed by atoms with van der Waals surface area (Å²) >= 11 is 5.91. The molecule has 0 fully saturated rings. The van der Waals surface area contributed by atoms with E-state index in [1.165, 1.54) is 12.5 Å². The zero-order chi connectivity index (χ0) is 16.9. The maximum Gasteiger partial charge on any atom is 0.271 e. The summed E-state index contributed by atoms with van der Waals surface area (Å²) in [5.41, 5.74) is 1.01. The second-order valence-electron chi connectivity index (χ2n) is 5.18. The van der Waals surface area contributed by atoms with Crippen LogP contribution in [0.5, 0.6) is 0 Å². The van der Waals surface area contributed by atoms with Gasteiger partial charge in [-0.25, -0.2) is 9.97 Å². The zero-order valence-corrected chi connectivity index (χ0v) is 13.6. The van der Waals surface area contributed by atoms with Gasteiger partial charge >= 0.3 is 0 Å². The number of rotatable bonds is 5. The van der Waals surface area contributed by atoms with Crippen LogP contribution in [0.1, 0.15) is 23.3 Å². The Hall–Kier alpha value is -2.80. The topological polar surface area (TPSA) is 93.8 Å². The van der Waals surface area contributed by atoms with Gasteiger partial charge in [0.05, 0.1) is 5.02 Å². The van der Waals surface area contributed by atoms with Crippen LogP contribution in [0.25, 0.3) is 11.4 Å². The third kappa shape index (κ3) is 3.75. The maximum absolute atomic E-state index is 12.1. The molecule has 1 N–H and O–H groups in total. The molecule has 0 aliphatic heterocycles. The molecule has 8 heteroatoms. The molecule has 0 bridgehead atoms. The van der Waals surface area contributed by atoms with Gasteiger partial charge in [0.25, 0.3) is 5.91 Å². The molecule has 3 rings (SSSR count). The predicted molar refractivity (Wildman–Crippen MR) is 87.4 cm³/mol. The summed E-state index contributed by atoms with van der Waals surface area (Å²) in [5.74, 6) is 0.580. The summed E-state index contributed by atoms with van der Waals surface area (Å²) in [5, 5.41) is 6.94. The first-order chi connectivity index (χ1) is 11.6. The lowest BCUT2D eigenvalue weighted by atomic mass is 10.2. The van der Waals surface area contributed by atoms with Gasteiger partial charge in [0.1, 0.15) is 12.0 Å². The molecule has 1 aromatic carbocycles. The summed E-state index contributed by atoms with van der Waals surface area (Å²) in [7, 11) is 0. The molecule has 122 valence electrons. The van der Waals surface area contributed by atoms with E-state index in [2.05, 4.69) is 25.4 Å². The van der Waals surface area contributed by atoms with E-state index >= 15 is 0 Å².